The summed E-state index contributed by atoms with van der Waals surface area (Å²) in [6.45, 7) is 1.89. The molecule has 2 saturated carbocycles. The minimum atomic E-state index is 0.447. The molecule has 0 aromatic heterocycles. The highest BCUT2D eigenvalue weighted by atomic mass is 15.2. The lowest BCUT2D eigenvalue weighted by Gasteiger charge is -2.14. The molecule has 72 valence electrons. The van der Waals surface area contributed by atoms with Crippen molar-refractivity contribution in [1.82, 2.24) is 5.43 Å². The summed E-state index contributed by atoms with van der Waals surface area (Å²) >= 11 is 0. The highest BCUT2D eigenvalue weighted by Crippen LogP contribution is 2.59. The van der Waals surface area contributed by atoms with Gasteiger partial charge in [0.25, 0.3) is 0 Å². The van der Waals surface area contributed by atoms with Crippen molar-refractivity contribution < 1.29 is 0 Å². The Morgan fingerprint density at radius 1 is 1.46 bits per heavy atom. The highest BCUT2D eigenvalue weighted by molar-refractivity contribution is 5.09. The number of hydrogen-bond acceptors (Lipinski definition) is 2. The van der Waals surface area contributed by atoms with E-state index < -0.39 is 0 Å². The van der Waals surface area contributed by atoms with Crippen molar-refractivity contribution in [2.45, 2.75) is 38.6 Å². The Labute approximate surface area is 80.2 Å². The van der Waals surface area contributed by atoms with Gasteiger partial charge in [0.2, 0.25) is 0 Å². The van der Waals surface area contributed by atoms with Crippen LogP contribution in [0.15, 0.2) is 0 Å². The average molecular weight is 178 g/mol. The van der Waals surface area contributed by atoms with Crippen LogP contribution in [-0.4, -0.2) is 6.04 Å². The van der Waals surface area contributed by atoms with E-state index in [1.54, 1.807) is 0 Å². The predicted molar refractivity (Wildman–Crippen MR) is 53.5 cm³/mol. The summed E-state index contributed by atoms with van der Waals surface area (Å²) in [6, 6.07) is 0.447. The lowest BCUT2D eigenvalue weighted by atomic mass is 10.0. The summed E-state index contributed by atoms with van der Waals surface area (Å²) in [4.78, 5) is 0. The lowest BCUT2D eigenvalue weighted by Crippen LogP contribution is -2.37. The minimum Gasteiger partial charge on any atom is -0.271 e. The van der Waals surface area contributed by atoms with Crippen LogP contribution < -0.4 is 11.3 Å². The Morgan fingerprint density at radius 3 is 2.69 bits per heavy atom. The number of rotatable bonds is 3. The molecule has 0 saturated heterocycles. The predicted octanol–water partition coefficient (Wildman–Crippen LogP) is 1.28. The van der Waals surface area contributed by atoms with Gasteiger partial charge < -0.3 is 0 Å². The van der Waals surface area contributed by atoms with E-state index in [1.165, 1.54) is 19.3 Å². The van der Waals surface area contributed by atoms with Crippen LogP contribution in [0.2, 0.25) is 0 Å². The number of hydrazine groups is 1. The fourth-order valence-corrected chi connectivity index (χ4v) is 2.99. The van der Waals surface area contributed by atoms with Crippen LogP contribution in [0.5, 0.6) is 0 Å². The first kappa shape index (κ1) is 9.05. The minimum absolute atomic E-state index is 0.447. The van der Waals surface area contributed by atoms with E-state index >= 15 is 0 Å². The fraction of sp³-hybridized carbons (Fsp3) is 0.818. The van der Waals surface area contributed by atoms with Gasteiger partial charge in [0.1, 0.15) is 0 Å². The first-order valence-corrected chi connectivity index (χ1v) is 5.24. The standard InChI is InChI=1S/C11H18N2/c1-2-3-7-10(13-12)11-8-5-4-6-9(8)11/h8-11,13H,4-7,12H2,1H3. The van der Waals surface area contributed by atoms with Crippen molar-refractivity contribution in [3.8, 4) is 11.8 Å². The van der Waals surface area contributed by atoms with Crippen molar-refractivity contribution >= 4 is 0 Å². The second kappa shape index (κ2) is 3.69. The Kier molecular flexibility index (Phi) is 2.57. The maximum atomic E-state index is 5.54. The van der Waals surface area contributed by atoms with Crippen molar-refractivity contribution in [3.63, 3.8) is 0 Å². The van der Waals surface area contributed by atoms with Crippen molar-refractivity contribution in [2.75, 3.05) is 0 Å². The molecule has 0 bridgehead atoms. The molecule has 3 N–H and O–H groups in total. The summed E-state index contributed by atoms with van der Waals surface area (Å²) < 4.78 is 0. The molecule has 2 heteroatoms. The van der Waals surface area contributed by atoms with Crippen LogP contribution in [0.3, 0.4) is 0 Å². The van der Waals surface area contributed by atoms with Gasteiger partial charge in [-0.1, -0.05) is 6.42 Å². The Morgan fingerprint density at radius 2 is 2.15 bits per heavy atom. The molecule has 2 rings (SSSR count). The number of fused-ring (bicyclic) bond motifs is 1. The molecular weight excluding hydrogens is 160 g/mol. The number of nitrogens with one attached hydrogen (secondary N) is 1. The van der Waals surface area contributed by atoms with Gasteiger partial charge in [0.15, 0.2) is 0 Å². The lowest BCUT2D eigenvalue weighted by molar-refractivity contribution is 0.419. The largest absolute Gasteiger partial charge is 0.271 e. The molecule has 0 amide bonds. The average Bonchev–Trinajstić information content (AvgIpc) is 2.62. The Bertz CT molecular complexity index is 228. The topological polar surface area (TPSA) is 38.0 Å². The summed E-state index contributed by atoms with van der Waals surface area (Å²) in [7, 11) is 0. The zero-order valence-electron chi connectivity index (χ0n) is 8.22. The van der Waals surface area contributed by atoms with E-state index in [2.05, 4.69) is 17.3 Å². The van der Waals surface area contributed by atoms with E-state index in [1.807, 2.05) is 6.92 Å². The van der Waals surface area contributed by atoms with Gasteiger partial charge in [-0.2, -0.15) is 0 Å². The van der Waals surface area contributed by atoms with Crippen LogP contribution in [0, 0.1) is 29.6 Å². The smallest absolute Gasteiger partial charge is 0.0353 e. The second-order valence-electron chi connectivity index (χ2n) is 4.24. The van der Waals surface area contributed by atoms with E-state index in [-0.39, 0.29) is 0 Å². The van der Waals surface area contributed by atoms with Gasteiger partial charge in [0.05, 0.1) is 0 Å². The van der Waals surface area contributed by atoms with E-state index in [0.29, 0.717) is 6.04 Å². The first-order valence-electron chi connectivity index (χ1n) is 5.24. The molecule has 13 heavy (non-hydrogen) atoms. The van der Waals surface area contributed by atoms with E-state index in [9.17, 15) is 0 Å². The molecular formula is C11H18N2. The van der Waals surface area contributed by atoms with Crippen molar-refractivity contribution in [2.24, 2.45) is 23.6 Å². The maximum Gasteiger partial charge on any atom is 0.0353 e. The Hall–Kier alpha value is -0.520. The molecule has 0 spiro atoms. The van der Waals surface area contributed by atoms with Crippen LogP contribution in [0.25, 0.3) is 0 Å². The monoisotopic (exact) mass is 178 g/mol. The third kappa shape index (κ3) is 1.59. The van der Waals surface area contributed by atoms with Crippen LogP contribution in [0.1, 0.15) is 32.6 Å². The molecule has 2 aliphatic rings. The summed E-state index contributed by atoms with van der Waals surface area (Å²) in [5, 5.41) is 0. The SMILES string of the molecule is CC#CCC(NN)C1C2CCCC21. The molecule has 3 atom stereocenters. The quantitative estimate of drug-likeness (QED) is 0.388. The first-order chi connectivity index (χ1) is 6.38. The molecule has 0 heterocycles. The molecule has 0 aliphatic heterocycles. The molecule has 2 nitrogen and oxygen atoms in total. The van der Waals surface area contributed by atoms with E-state index in [0.717, 1.165) is 24.2 Å². The second-order valence-corrected chi connectivity index (χ2v) is 4.24. The van der Waals surface area contributed by atoms with Gasteiger partial charge in [-0.3, -0.25) is 11.3 Å². The van der Waals surface area contributed by atoms with Gasteiger partial charge >= 0.3 is 0 Å². The highest BCUT2D eigenvalue weighted by Gasteiger charge is 2.55. The summed E-state index contributed by atoms with van der Waals surface area (Å²) in [5.41, 5.74) is 2.92. The van der Waals surface area contributed by atoms with Gasteiger partial charge in [-0.15, -0.1) is 11.8 Å². The van der Waals surface area contributed by atoms with Crippen LogP contribution >= 0.6 is 0 Å². The van der Waals surface area contributed by atoms with Gasteiger partial charge in [-0.25, -0.2) is 0 Å². The van der Waals surface area contributed by atoms with Crippen LogP contribution in [-0.2, 0) is 0 Å². The van der Waals surface area contributed by atoms with Crippen molar-refractivity contribution in [1.29, 1.82) is 0 Å². The van der Waals surface area contributed by atoms with Gasteiger partial charge in [0, 0.05) is 12.5 Å². The van der Waals surface area contributed by atoms with Crippen LogP contribution in [0.4, 0.5) is 0 Å². The molecule has 0 aromatic carbocycles. The van der Waals surface area contributed by atoms with E-state index in [4.69, 9.17) is 5.84 Å². The summed E-state index contributed by atoms with van der Waals surface area (Å²) in [5.74, 6) is 14.4. The van der Waals surface area contributed by atoms with Crippen molar-refractivity contribution in [3.05, 3.63) is 0 Å². The summed E-state index contributed by atoms with van der Waals surface area (Å²) in [6.07, 6.45) is 5.20. The molecule has 3 unspecified atom stereocenters. The Balaban J connectivity index is 1.87. The third-order valence-electron chi connectivity index (χ3n) is 3.65. The molecule has 0 radical (unpaired) electrons. The zero-order valence-corrected chi connectivity index (χ0v) is 8.22. The number of nitrogens with two attached hydrogens (primary N) is 1. The third-order valence-corrected chi connectivity index (χ3v) is 3.65. The fourth-order valence-electron chi connectivity index (χ4n) is 2.99. The normalized spacial score (nSPS) is 37.5. The maximum absolute atomic E-state index is 5.54. The zero-order chi connectivity index (χ0) is 9.26. The molecule has 2 fully saturated rings. The number of hydrogen-bond donors (Lipinski definition) is 2. The molecule has 0 aromatic rings. The van der Waals surface area contributed by atoms with Gasteiger partial charge in [-0.05, 0) is 37.5 Å². The molecule has 2 aliphatic carbocycles.